The Morgan fingerprint density at radius 2 is 1.92 bits per heavy atom. The van der Waals surface area contributed by atoms with Crippen molar-refractivity contribution < 1.29 is 13.2 Å². The van der Waals surface area contributed by atoms with Gasteiger partial charge < -0.3 is 15.4 Å². The van der Waals surface area contributed by atoms with Gasteiger partial charge in [-0.1, -0.05) is 12.8 Å². The van der Waals surface area contributed by atoms with Gasteiger partial charge in [-0.25, -0.2) is 8.42 Å². The lowest BCUT2D eigenvalue weighted by molar-refractivity contribution is 0.404. The SMILES string of the molecule is COc1c(NC2CCCC2)ccc(N/C=C/C#N)c1S(=O)(=O)C(C)C. The van der Waals surface area contributed by atoms with Crippen molar-refractivity contribution in [2.45, 2.75) is 55.7 Å². The molecule has 0 radical (unpaired) electrons. The van der Waals surface area contributed by atoms with Gasteiger partial charge in [-0.05, 0) is 38.8 Å². The van der Waals surface area contributed by atoms with Crippen LogP contribution in [0.4, 0.5) is 11.4 Å². The molecule has 0 unspecified atom stereocenters. The van der Waals surface area contributed by atoms with Gasteiger partial charge in [-0.3, -0.25) is 0 Å². The van der Waals surface area contributed by atoms with Crippen molar-refractivity contribution in [2.24, 2.45) is 0 Å². The second kappa shape index (κ2) is 8.26. The molecule has 0 aromatic heterocycles. The van der Waals surface area contributed by atoms with Gasteiger partial charge >= 0.3 is 0 Å². The number of hydrogen-bond acceptors (Lipinski definition) is 6. The molecule has 1 aliphatic carbocycles. The molecule has 0 spiro atoms. The van der Waals surface area contributed by atoms with Crippen LogP contribution in [-0.4, -0.2) is 26.8 Å². The Kier molecular flexibility index (Phi) is 6.32. The zero-order valence-electron chi connectivity index (χ0n) is 14.9. The molecule has 25 heavy (non-hydrogen) atoms. The van der Waals surface area contributed by atoms with E-state index in [0.29, 0.717) is 23.2 Å². The Bertz CT molecular complexity index is 773. The highest BCUT2D eigenvalue weighted by molar-refractivity contribution is 7.92. The monoisotopic (exact) mass is 363 g/mol. The van der Waals surface area contributed by atoms with Crippen LogP contribution in [0.25, 0.3) is 0 Å². The van der Waals surface area contributed by atoms with Gasteiger partial charge in [0.05, 0.1) is 29.8 Å². The summed E-state index contributed by atoms with van der Waals surface area (Å²) in [6.07, 6.45) is 7.16. The number of rotatable bonds is 7. The summed E-state index contributed by atoms with van der Waals surface area (Å²) >= 11 is 0. The zero-order chi connectivity index (χ0) is 18.4. The number of allylic oxidation sites excluding steroid dienone is 1. The van der Waals surface area contributed by atoms with E-state index in [2.05, 4.69) is 10.6 Å². The summed E-state index contributed by atoms with van der Waals surface area (Å²) in [5.41, 5.74) is 1.08. The minimum Gasteiger partial charge on any atom is -0.493 e. The third-order valence-electron chi connectivity index (χ3n) is 4.33. The van der Waals surface area contributed by atoms with Crippen LogP contribution < -0.4 is 15.4 Å². The van der Waals surface area contributed by atoms with E-state index in [9.17, 15) is 8.42 Å². The van der Waals surface area contributed by atoms with Gasteiger partial charge in [0.1, 0.15) is 4.90 Å². The van der Waals surface area contributed by atoms with Crippen LogP contribution in [0.15, 0.2) is 29.3 Å². The average Bonchev–Trinajstić information content (AvgIpc) is 3.08. The smallest absolute Gasteiger partial charge is 0.186 e. The maximum absolute atomic E-state index is 12.9. The quantitative estimate of drug-likeness (QED) is 0.718. The van der Waals surface area contributed by atoms with Crippen LogP contribution in [0, 0.1) is 11.3 Å². The summed E-state index contributed by atoms with van der Waals surface area (Å²) in [4.78, 5) is 0.121. The number of nitrogens with zero attached hydrogens (tertiary/aromatic N) is 1. The molecule has 1 aromatic carbocycles. The molecule has 1 fully saturated rings. The lowest BCUT2D eigenvalue weighted by Gasteiger charge is -2.22. The Hall–Kier alpha value is -2.20. The second-order valence-corrected chi connectivity index (χ2v) is 8.79. The highest BCUT2D eigenvalue weighted by atomic mass is 32.2. The van der Waals surface area contributed by atoms with Crippen LogP contribution in [0.3, 0.4) is 0 Å². The first-order valence-corrected chi connectivity index (χ1v) is 9.99. The molecule has 2 N–H and O–H groups in total. The molecular weight excluding hydrogens is 338 g/mol. The molecule has 6 nitrogen and oxygen atoms in total. The van der Waals surface area contributed by atoms with Crippen LogP contribution in [0.5, 0.6) is 5.75 Å². The summed E-state index contributed by atoms with van der Waals surface area (Å²) in [6.45, 7) is 3.28. The van der Waals surface area contributed by atoms with Crippen molar-refractivity contribution in [2.75, 3.05) is 17.7 Å². The molecule has 0 heterocycles. The molecule has 0 atom stereocenters. The number of benzene rings is 1. The Morgan fingerprint density at radius 1 is 1.28 bits per heavy atom. The molecule has 1 aliphatic rings. The molecule has 136 valence electrons. The molecule has 1 saturated carbocycles. The number of nitrogens with one attached hydrogen (secondary N) is 2. The normalized spacial score (nSPS) is 15.5. The predicted molar refractivity (Wildman–Crippen MR) is 99.6 cm³/mol. The first-order chi connectivity index (χ1) is 11.9. The topological polar surface area (TPSA) is 91.2 Å². The molecule has 0 saturated heterocycles. The molecule has 2 rings (SSSR count). The van der Waals surface area contributed by atoms with E-state index in [-0.39, 0.29) is 4.90 Å². The van der Waals surface area contributed by atoms with E-state index in [0.717, 1.165) is 12.8 Å². The van der Waals surface area contributed by atoms with Gasteiger partial charge in [-0.2, -0.15) is 5.26 Å². The average molecular weight is 363 g/mol. The van der Waals surface area contributed by atoms with Crippen molar-refractivity contribution in [3.05, 3.63) is 24.4 Å². The molecule has 0 aliphatic heterocycles. The third-order valence-corrected chi connectivity index (χ3v) is 6.55. The molecule has 0 amide bonds. The summed E-state index contributed by atoms with van der Waals surface area (Å²) in [7, 11) is -2.11. The molecule has 0 bridgehead atoms. The van der Waals surface area contributed by atoms with E-state index >= 15 is 0 Å². The van der Waals surface area contributed by atoms with E-state index in [1.807, 2.05) is 12.1 Å². The number of hydrogen-bond donors (Lipinski definition) is 2. The van der Waals surface area contributed by atoms with Gasteiger partial charge in [0, 0.05) is 18.3 Å². The summed E-state index contributed by atoms with van der Waals surface area (Å²) in [5, 5.41) is 14.3. The van der Waals surface area contributed by atoms with E-state index < -0.39 is 15.1 Å². The fraction of sp³-hybridized carbons (Fsp3) is 0.500. The Labute approximate surface area is 149 Å². The highest BCUT2D eigenvalue weighted by Gasteiger charge is 2.29. The van der Waals surface area contributed by atoms with Gasteiger partial charge in [0.15, 0.2) is 15.6 Å². The van der Waals surface area contributed by atoms with Gasteiger partial charge in [-0.15, -0.1) is 0 Å². The van der Waals surface area contributed by atoms with Crippen molar-refractivity contribution in [3.8, 4) is 11.8 Å². The molecular formula is C18H25N3O3S. The van der Waals surface area contributed by atoms with Crippen LogP contribution in [-0.2, 0) is 9.84 Å². The minimum atomic E-state index is -3.59. The number of anilines is 2. The van der Waals surface area contributed by atoms with E-state index in [4.69, 9.17) is 10.00 Å². The van der Waals surface area contributed by atoms with Crippen LogP contribution in [0.1, 0.15) is 39.5 Å². The summed E-state index contributed by atoms with van der Waals surface area (Å²) in [5.74, 6) is 0.316. The summed E-state index contributed by atoms with van der Waals surface area (Å²) in [6, 6.07) is 5.73. The Morgan fingerprint density at radius 3 is 2.48 bits per heavy atom. The van der Waals surface area contributed by atoms with Crippen molar-refractivity contribution in [3.63, 3.8) is 0 Å². The number of nitriles is 1. The number of methoxy groups -OCH3 is 1. The van der Waals surface area contributed by atoms with Gasteiger partial charge in [0.2, 0.25) is 0 Å². The zero-order valence-corrected chi connectivity index (χ0v) is 15.7. The third kappa shape index (κ3) is 4.26. The number of sulfone groups is 1. The maximum atomic E-state index is 12.9. The fourth-order valence-electron chi connectivity index (χ4n) is 2.97. The Balaban J connectivity index is 2.54. The first-order valence-electron chi connectivity index (χ1n) is 8.44. The largest absolute Gasteiger partial charge is 0.493 e. The molecule has 1 aromatic rings. The molecule has 7 heteroatoms. The standard InChI is InChI=1S/C18H25N3O3S/c1-13(2)25(22,23)18-16(20-12-6-11-19)10-9-15(17(18)24-3)21-14-7-4-5-8-14/h6,9-10,12-14,20-21H,4-5,7-8H2,1-3H3/b12-6+. The lowest BCUT2D eigenvalue weighted by Crippen LogP contribution is -2.19. The minimum absolute atomic E-state index is 0.121. The number of ether oxygens (including phenoxy) is 1. The first kappa shape index (κ1) is 19.1. The second-order valence-electron chi connectivity index (χ2n) is 6.35. The fourth-order valence-corrected chi connectivity index (χ4v) is 4.33. The van der Waals surface area contributed by atoms with Gasteiger partial charge in [0.25, 0.3) is 0 Å². The van der Waals surface area contributed by atoms with Crippen molar-refractivity contribution >= 4 is 21.2 Å². The van der Waals surface area contributed by atoms with E-state index in [1.165, 1.54) is 32.2 Å². The van der Waals surface area contributed by atoms with Crippen LogP contribution >= 0.6 is 0 Å². The van der Waals surface area contributed by atoms with Crippen molar-refractivity contribution in [1.29, 1.82) is 5.26 Å². The summed E-state index contributed by atoms with van der Waals surface area (Å²) < 4.78 is 31.3. The maximum Gasteiger partial charge on any atom is 0.186 e. The van der Waals surface area contributed by atoms with E-state index in [1.54, 1.807) is 19.9 Å². The van der Waals surface area contributed by atoms with Crippen molar-refractivity contribution in [1.82, 2.24) is 0 Å². The highest BCUT2D eigenvalue weighted by Crippen LogP contribution is 2.41. The van der Waals surface area contributed by atoms with Crippen LogP contribution in [0.2, 0.25) is 0 Å². The lowest BCUT2D eigenvalue weighted by atomic mass is 10.2. The predicted octanol–water partition coefficient (Wildman–Crippen LogP) is 3.68.